The number of ether oxygens (including phenoxy) is 1. The minimum absolute atomic E-state index is 0.00124. The van der Waals surface area contributed by atoms with E-state index in [1.54, 1.807) is 23.8 Å². The fourth-order valence-corrected chi connectivity index (χ4v) is 3.43. The third-order valence-corrected chi connectivity index (χ3v) is 4.75. The molecule has 1 aromatic rings. The largest absolute Gasteiger partial charge is 0.381 e. The van der Waals surface area contributed by atoms with Crippen molar-refractivity contribution in [3.05, 3.63) is 35.9 Å². The molecule has 0 radical (unpaired) electrons. The van der Waals surface area contributed by atoms with Gasteiger partial charge in [-0.3, -0.25) is 9.59 Å². The zero-order valence-corrected chi connectivity index (χ0v) is 13.1. The number of hydrogen-bond acceptors (Lipinski definition) is 3. The van der Waals surface area contributed by atoms with Crippen molar-refractivity contribution in [3.8, 4) is 0 Å². The van der Waals surface area contributed by atoms with Crippen LogP contribution in [0.15, 0.2) is 30.3 Å². The van der Waals surface area contributed by atoms with Gasteiger partial charge in [0.15, 0.2) is 0 Å². The predicted octanol–water partition coefficient (Wildman–Crippen LogP) is 1.45. The van der Waals surface area contributed by atoms with E-state index in [0.717, 1.165) is 6.42 Å². The molecule has 1 aromatic carbocycles. The van der Waals surface area contributed by atoms with Crippen LogP contribution in [0.4, 0.5) is 0 Å². The zero-order valence-electron chi connectivity index (χ0n) is 13.1. The maximum Gasteiger partial charge on any atom is 0.246 e. The Kier molecular flexibility index (Phi) is 4.16. The lowest BCUT2D eigenvalue weighted by atomic mass is 9.82. The highest BCUT2D eigenvalue weighted by molar-refractivity contribution is 5.91. The van der Waals surface area contributed by atoms with Crippen molar-refractivity contribution >= 4 is 11.8 Å². The van der Waals surface area contributed by atoms with Crippen LogP contribution in [0.1, 0.15) is 24.8 Å². The normalized spacial score (nSPS) is 29.0. The Labute approximate surface area is 130 Å². The second-order valence-corrected chi connectivity index (χ2v) is 6.15. The van der Waals surface area contributed by atoms with E-state index in [9.17, 15) is 9.59 Å². The zero-order chi connectivity index (χ0) is 15.7. The molecule has 118 valence electrons. The average molecular weight is 302 g/mol. The van der Waals surface area contributed by atoms with Crippen LogP contribution >= 0.6 is 0 Å². The lowest BCUT2D eigenvalue weighted by Gasteiger charge is -2.34. The fraction of sp³-hybridized carbons (Fsp3) is 0.529. The van der Waals surface area contributed by atoms with Crippen LogP contribution in [0.3, 0.4) is 0 Å². The highest BCUT2D eigenvalue weighted by Gasteiger charge is 2.42. The van der Waals surface area contributed by atoms with E-state index in [0.29, 0.717) is 19.9 Å². The Morgan fingerprint density at radius 1 is 1.27 bits per heavy atom. The lowest BCUT2D eigenvalue weighted by molar-refractivity contribution is -0.143. The van der Waals surface area contributed by atoms with Crippen LogP contribution in [0.2, 0.25) is 0 Å². The number of nitrogens with zero attached hydrogens (tertiary/aromatic N) is 2. The van der Waals surface area contributed by atoms with E-state index < -0.39 is 0 Å². The first kappa shape index (κ1) is 15.0. The van der Waals surface area contributed by atoms with Crippen molar-refractivity contribution in [2.45, 2.75) is 25.3 Å². The molecule has 3 rings (SSSR count). The van der Waals surface area contributed by atoms with E-state index in [2.05, 4.69) is 12.1 Å². The number of likely N-dealkylation sites (N-methyl/N-ethyl adjacent to an activating group) is 1. The molecule has 22 heavy (non-hydrogen) atoms. The maximum atomic E-state index is 13.0. The molecule has 2 amide bonds. The van der Waals surface area contributed by atoms with Crippen molar-refractivity contribution in [3.63, 3.8) is 0 Å². The molecule has 0 N–H and O–H groups in total. The van der Waals surface area contributed by atoms with Gasteiger partial charge in [-0.1, -0.05) is 30.3 Å². The second kappa shape index (κ2) is 6.08. The van der Waals surface area contributed by atoms with Crippen molar-refractivity contribution in [2.24, 2.45) is 5.92 Å². The Bertz CT molecular complexity index is 560. The van der Waals surface area contributed by atoms with E-state index in [4.69, 9.17) is 4.74 Å². The molecule has 2 heterocycles. The van der Waals surface area contributed by atoms with E-state index in [-0.39, 0.29) is 29.7 Å². The first-order valence-electron chi connectivity index (χ1n) is 7.77. The van der Waals surface area contributed by atoms with Crippen LogP contribution in [0.25, 0.3) is 0 Å². The molecule has 2 fully saturated rings. The van der Waals surface area contributed by atoms with Gasteiger partial charge < -0.3 is 14.5 Å². The highest BCUT2D eigenvalue weighted by Crippen LogP contribution is 2.34. The summed E-state index contributed by atoms with van der Waals surface area (Å²) in [6, 6.07) is 9.75. The number of carbonyl (C=O) groups is 2. The lowest BCUT2D eigenvalue weighted by Crippen LogP contribution is -2.45. The minimum atomic E-state index is -0.379. The standard InChI is InChI=1S/C17H22N2O3/c1-12-16(20)18(2)11-19(12)17(21)15-10-22-9-8-14(15)13-6-4-3-5-7-13/h3-7,12,14-15H,8-11H2,1-2H3/t12?,14-,15-/m1/s1. The Hall–Kier alpha value is -1.88. The molecule has 2 saturated heterocycles. The molecule has 0 aliphatic carbocycles. The molecule has 2 aliphatic rings. The summed E-state index contributed by atoms with van der Waals surface area (Å²) in [4.78, 5) is 28.2. The van der Waals surface area contributed by atoms with Gasteiger partial charge in [-0.15, -0.1) is 0 Å². The molecule has 0 bridgehead atoms. The molecule has 0 saturated carbocycles. The van der Waals surface area contributed by atoms with Gasteiger partial charge in [0.2, 0.25) is 11.8 Å². The summed E-state index contributed by atoms with van der Waals surface area (Å²) in [5, 5.41) is 0. The van der Waals surface area contributed by atoms with Gasteiger partial charge in [0.25, 0.3) is 0 Å². The Morgan fingerprint density at radius 2 is 2.00 bits per heavy atom. The van der Waals surface area contributed by atoms with Gasteiger partial charge in [-0.25, -0.2) is 0 Å². The third-order valence-electron chi connectivity index (χ3n) is 4.75. The highest BCUT2D eigenvalue weighted by atomic mass is 16.5. The molecular formula is C17H22N2O3. The molecule has 3 atom stereocenters. The van der Waals surface area contributed by atoms with Crippen LogP contribution < -0.4 is 0 Å². The number of rotatable bonds is 2. The fourth-order valence-electron chi connectivity index (χ4n) is 3.43. The number of amides is 2. The van der Waals surface area contributed by atoms with Gasteiger partial charge in [0.1, 0.15) is 6.04 Å². The van der Waals surface area contributed by atoms with Crippen molar-refractivity contribution in [1.82, 2.24) is 9.80 Å². The summed E-state index contributed by atoms with van der Waals surface area (Å²) in [5.74, 6) is -0.0198. The Balaban J connectivity index is 1.82. The summed E-state index contributed by atoms with van der Waals surface area (Å²) >= 11 is 0. The number of hydrogen-bond donors (Lipinski definition) is 0. The molecular weight excluding hydrogens is 280 g/mol. The summed E-state index contributed by atoms with van der Waals surface area (Å²) in [6.07, 6.45) is 0.840. The number of benzene rings is 1. The molecule has 0 aromatic heterocycles. The molecule has 2 aliphatic heterocycles. The number of carbonyl (C=O) groups excluding carboxylic acids is 2. The van der Waals surface area contributed by atoms with Crippen molar-refractivity contribution < 1.29 is 14.3 Å². The van der Waals surface area contributed by atoms with Crippen molar-refractivity contribution in [2.75, 3.05) is 26.9 Å². The molecule has 0 spiro atoms. The summed E-state index contributed by atoms with van der Waals surface area (Å²) in [5.41, 5.74) is 1.18. The van der Waals surface area contributed by atoms with Gasteiger partial charge >= 0.3 is 0 Å². The SMILES string of the molecule is CC1C(=O)N(C)CN1C(=O)[C@@H]1COCC[C@@H]1c1ccccc1. The van der Waals surface area contributed by atoms with Crippen LogP contribution in [0, 0.1) is 5.92 Å². The van der Waals surface area contributed by atoms with E-state index in [1.165, 1.54) is 5.56 Å². The van der Waals surface area contributed by atoms with E-state index in [1.807, 2.05) is 18.2 Å². The quantitative estimate of drug-likeness (QED) is 0.831. The maximum absolute atomic E-state index is 13.0. The van der Waals surface area contributed by atoms with E-state index >= 15 is 0 Å². The molecule has 5 nitrogen and oxygen atoms in total. The first-order chi connectivity index (χ1) is 10.6. The summed E-state index contributed by atoms with van der Waals surface area (Å²) in [7, 11) is 1.73. The van der Waals surface area contributed by atoms with Crippen LogP contribution in [0.5, 0.6) is 0 Å². The smallest absolute Gasteiger partial charge is 0.246 e. The molecule has 5 heteroatoms. The third kappa shape index (κ3) is 2.61. The first-order valence-corrected chi connectivity index (χ1v) is 7.77. The summed E-state index contributed by atoms with van der Waals surface area (Å²) < 4.78 is 5.56. The van der Waals surface area contributed by atoms with Crippen LogP contribution in [-0.2, 0) is 14.3 Å². The van der Waals surface area contributed by atoms with Gasteiger partial charge in [0.05, 0.1) is 19.2 Å². The average Bonchev–Trinajstić information content (AvgIpc) is 2.82. The minimum Gasteiger partial charge on any atom is -0.381 e. The topological polar surface area (TPSA) is 49.9 Å². The predicted molar refractivity (Wildman–Crippen MR) is 82.1 cm³/mol. The van der Waals surface area contributed by atoms with Gasteiger partial charge in [0, 0.05) is 13.7 Å². The Morgan fingerprint density at radius 3 is 2.64 bits per heavy atom. The molecule has 1 unspecified atom stereocenters. The van der Waals surface area contributed by atoms with Crippen LogP contribution in [-0.4, -0.2) is 54.6 Å². The monoisotopic (exact) mass is 302 g/mol. The van der Waals surface area contributed by atoms with Gasteiger partial charge in [-0.2, -0.15) is 0 Å². The summed E-state index contributed by atoms with van der Waals surface area (Å²) in [6.45, 7) is 3.28. The second-order valence-electron chi connectivity index (χ2n) is 6.15. The van der Waals surface area contributed by atoms with Crippen molar-refractivity contribution in [1.29, 1.82) is 0 Å². The van der Waals surface area contributed by atoms with Gasteiger partial charge in [-0.05, 0) is 24.8 Å².